The topological polar surface area (TPSA) is 41.5 Å². The van der Waals surface area contributed by atoms with Crippen molar-refractivity contribution in [2.45, 2.75) is 45.9 Å². The van der Waals surface area contributed by atoms with E-state index in [2.05, 4.69) is 57.0 Å². The lowest BCUT2D eigenvalue weighted by atomic mass is 10.1. The van der Waals surface area contributed by atoms with Gasteiger partial charge in [-0.3, -0.25) is 9.88 Å². The third-order valence-corrected chi connectivity index (χ3v) is 4.61. The summed E-state index contributed by atoms with van der Waals surface area (Å²) in [5.41, 5.74) is 1.37. The Balaban J connectivity index is 1.66. The maximum Gasteiger partial charge on any atom is 0.234 e. The molecule has 5 heteroatoms. The van der Waals surface area contributed by atoms with Crippen LogP contribution in [0.4, 0.5) is 5.82 Å². The minimum Gasteiger partial charge on any atom is -0.474 e. The van der Waals surface area contributed by atoms with E-state index in [-0.39, 0.29) is 6.10 Å². The fraction of sp³-hybridized carbons (Fsp3) is 0.500. The number of benzene rings is 1. The van der Waals surface area contributed by atoms with Crippen LogP contribution in [0, 0.1) is 0 Å². The molecule has 1 atom stereocenters. The average molecular weight is 340 g/mol. The number of hydrogen-bond donors (Lipinski definition) is 0. The zero-order valence-corrected chi connectivity index (χ0v) is 15.4. The van der Waals surface area contributed by atoms with Crippen molar-refractivity contribution in [3.63, 3.8) is 0 Å². The molecule has 1 aliphatic heterocycles. The number of anilines is 1. The number of aromatic nitrogens is 2. The zero-order chi connectivity index (χ0) is 17.6. The zero-order valence-electron chi connectivity index (χ0n) is 15.4. The first-order chi connectivity index (χ1) is 12.1. The molecule has 0 spiro atoms. The summed E-state index contributed by atoms with van der Waals surface area (Å²) >= 11 is 0. The lowest BCUT2D eigenvalue weighted by Crippen LogP contribution is -2.34. The molecule has 0 N–H and O–H groups in total. The van der Waals surface area contributed by atoms with Crippen LogP contribution in [-0.2, 0) is 6.54 Å². The smallest absolute Gasteiger partial charge is 0.234 e. The molecule has 3 rings (SSSR count). The Morgan fingerprint density at radius 1 is 1.12 bits per heavy atom. The molecule has 0 radical (unpaired) electrons. The van der Waals surface area contributed by atoms with Gasteiger partial charge in [-0.25, -0.2) is 0 Å². The molecule has 0 bridgehead atoms. The van der Waals surface area contributed by atoms with Gasteiger partial charge in [-0.05, 0) is 32.8 Å². The quantitative estimate of drug-likeness (QED) is 0.835. The lowest BCUT2D eigenvalue weighted by molar-refractivity contribution is 0.212. The summed E-state index contributed by atoms with van der Waals surface area (Å²) in [4.78, 5) is 13.8. The van der Waals surface area contributed by atoms with E-state index in [1.807, 2.05) is 20.0 Å². The van der Waals surface area contributed by atoms with Gasteiger partial charge in [0.15, 0.2) is 5.82 Å². The Bertz CT molecular complexity index is 662. The van der Waals surface area contributed by atoms with Gasteiger partial charge in [0, 0.05) is 32.2 Å². The van der Waals surface area contributed by atoms with Crippen LogP contribution in [0.1, 0.15) is 32.8 Å². The highest BCUT2D eigenvalue weighted by Crippen LogP contribution is 2.20. The molecule has 2 heterocycles. The number of nitrogens with zero attached hydrogens (tertiary/aromatic N) is 4. The van der Waals surface area contributed by atoms with Crippen molar-refractivity contribution in [2.75, 3.05) is 24.5 Å². The molecule has 5 nitrogen and oxygen atoms in total. The molecule has 1 unspecified atom stereocenters. The SMILES string of the molecule is CC(C)Oc1cncc(N2CCC(C)N(Cc3ccccc3)CC2)n1. The summed E-state index contributed by atoms with van der Waals surface area (Å²) in [6.45, 7) is 10.3. The molecular weight excluding hydrogens is 312 g/mol. The standard InChI is InChI=1S/C20H28N4O/c1-16(2)25-20-14-21-13-19(22-20)23-10-9-17(3)24(12-11-23)15-18-7-5-4-6-8-18/h4-8,13-14,16-17H,9-12,15H2,1-3H3. The first kappa shape index (κ1) is 17.7. The van der Waals surface area contributed by atoms with Crippen LogP contribution in [0.5, 0.6) is 5.88 Å². The van der Waals surface area contributed by atoms with Gasteiger partial charge in [-0.15, -0.1) is 0 Å². The first-order valence-corrected chi connectivity index (χ1v) is 9.13. The highest BCUT2D eigenvalue weighted by atomic mass is 16.5. The number of ether oxygens (including phenoxy) is 1. The molecule has 0 aliphatic carbocycles. The van der Waals surface area contributed by atoms with Gasteiger partial charge in [0.1, 0.15) is 0 Å². The molecular formula is C20H28N4O. The van der Waals surface area contributed by atoms with Crippen LogP contribution in [-0.4, -0.2) is 46.6 Å². The summed E-state index contributed by atoms with van der Waals surface area (Å²) in [6, 6.07) is 11.2. The summed E-state index contributed by atoms with van der Waals surface area (Å²) in [5, 5.41) is 0. The van der Waals surface area contributed by atoms with Crippen molar-refractivity contribution in [2.24, 2.45) is 0 Å². The largest absolute Gasteiger partial charge is 0.474 e. The van der Waals surface area contributed by atoms with Gasteiger partial charge in [0.05, 0.1) is 18.5 Å². The molecule has 1 aromatic heterocycles. The van der Waals surface area contributed by atoms with Crippen LogP contribution < -0.4 is 9.64 Å². The van der Waals surface area contributed by atoms with E-state index in [4.69, 9.17) is 4.74 Å². The van der Waals surface area contributed by atoms with E-state index >= 15 is 0 Å². The van der Waals surface area contributed by atoms with Crippen molar-refractivity contribution < 1.29 is 4.74 Å². The second-order valence-electron chi connectivity index (χ2n) is 6.96. The van der Waals surface area contributed by atoms with Gasteiger partial charge in [0.25, 0.3) is 0 Å². The summed E-state index contributed by atoms with van der Waals surface area (Å²) in [5.74, 6) is 1.51. The molecule has 1 aromatic carbocycles. The number of rotatable bonds is 5. The molecule has 1 fully saturated rings. The van der Waals surface area contributed by atoms with Crippen LogP contribution in [0.15, 0.2) is 42.7 Å². The molecule has 1 saturated heterocycles. The maximum absolute atomic E-state index is 5.69. The highest BCUT2D eigenvalue weighted by Gasteiger charge is 2.22. The Hall–Kier alpha value is -2.14. The molecule has 134 valence electrons. The van der Waals surface area contributed by atoms with Crippen molar-refractivity contribution >= 4 is 5.82 Å². The van der Waals surface area contributed by atoms with Crippen molar-refractivity contribution in [3.05, 3.63) is 48.3 Å². The average Bonchev–Trinajstić information content (AvgIpc) is 2.78. The molecule has 1 aliphatic rings. The predicted octanol–water partition coefficient (Wildman–Crippen LogP) is 3.36. The van der Waals surface area contributed by atoms with Crippen LogP contribution in [0.25, 0.3) is 0 Å². The Labute approximate surface area is 150 Å². The van der Waals surface area contributed by atoms with Gasteiger partial charge < -0.3 is 9.64 Å². The van der Waals surface area contributed by atoms with Gasteiger partial charge in [-0.1, -0.05) is 30.3 Å². The third kappa shape index (κ3) is 4.92. The van der Waals surface area contributed by atoms with Crippen molar-refractivity contribution in [1.82, 2.24) is 14.9 Å². The number of hydrogen-bond acceptors (Lipinski definition) is 5. The Kier molecular flexibility index (Phi) is 5.87. The fourth-order valence-corrected chi connectivity index (χ4v) is 3.18. The highest BCUT2D eigenvalue weighted by molar-refractivity contribution is 5.38. The fourth-order valence-electron chi connectivity index (χ4n) is 3.18. The molecule has 0 saturated carbocycles. The van der Waals surface area contributed by atoms with E-state index in [9.17, 15) is 0 Å². The van der Waals surface area contributed by atoms with E-state index < -0.39 is 0 Å². The minimum atomic E-state index is 0.107. The van der Waals surface area contributed by atoms with Gasteiger partial charge in [0.2, 0.25) is 5.88 Å². The van der Waals surface area contributed by atoms with Crippen molar-refractivity contribution in [3.8, 4) is 5.88 Å². The first-order valence-electron chi connectivity index (χ1n) is 9.13. The van der Waals surface area contributed by atoms with E-state index in [1.165, 1.54) is 5.56 Å². The van der Waals surface area contributed by atoms with Crippen molar-refractivity contribution in [1.29, 1.82) is 0 Å². The molecule has 25 heavy (non-hydrogen) atoms. The van der Waals surface area contributed by atoms with E-state index in [0.29, 0.717) is 11.9 Å². The second kappa shape index (κ2) is 8.30. The maximum atomic E-state index is 5.69. The van der Waals surface area contributed by atoms with Gasteiger partial charge >= 0.3 is 0 Å². The van der Waals surface area contributed by atoms with Gasteiger partial charge in [-0.2, -0.15) is 4.98 Å². The Morgan fingerprint density at radius 3 is 2.68 bits per heavy atom. The van der Waals surface area contributed by atoms with E-state index in [1.54, 1.807) is 6.20 Å². The van der Waals surface area contributed by atoms with E-state index in [0.717, 1.165) is 38.4 Å². The molecule has 0 amide bonds. The summed E-state index contributed by atoms with van der Waals surface area (Å²) in [7, 11) is 0. The summed E-state index contributed by atoms with van der Waals surface area (Å²) < 4.78 is 5.69. The monoisotopic (exact) mass is 340 g/mol. The van der Waals surface area contributed by atoms with Crippen LogP contribution in [0.3, 0.4) is 0 Å². The van der Waals surface area contributed by atoms with Crippen LogP contribution in [0.2, 0.25) is 0 Å². The minimum absolute atomic E-state index is 0.107. The predicted molar refractivity (Wildman–Crippen MR) is 101 cm³/mol. The third-order valence-electron chi connectivity index (χ3n) is 4.61. The lowest BCUT2D eigenvalue weighted by Gasteiger charge is -2.26. The second-order valence-corrected chi connectivity index (χ2v) is 6.96. The summed E-state index contributed by atoms with van der Waals surface area (Å²) in [6.07, 6.45) is 4.75. The van der Waals surface area contributed by atoms with Crippen LogP contribution >= 0.6 is 0 Å². The Morgan fingerprint density at radius 2 is 1.92 bits per heavy atom. The molecule has 2 aromatic rings. The normalized spacial score (nSPS) is 19.0.